The normalized spacial score (nSPS) is 11.9. The van der Waals surface area contributed by atoms with E-state index in [1.807, 2.05) is 38.1 Å². The molecule has 3 aromatic rings. The summed E-state index contributed by atoms with van der Waals surface area (Å²) in [5.74, 6) is -0.812. The lowest BCUT2D eigenvalue weighted by Crippen LogP contribution is -2.36. The number of aromatic nitrogens is 2. The van der Waals surface area contributed by atoms with Crippen molar-refractivity contribution in [1.29, 1.82) is 0 Å². The van der Waals surface area contributed by atoms with Crippen molar-refractivity contribution < 1.29 is 24.5 Å². The van der Waals surface area contributed by atoms with Crippen molar-refractivity contribution in [3.63, 3.8) is 0 Å². The third-order valence-corrected chi connectivity index (χ3v) is 4.71. The number of hydrogen-bond donors (Lipinski definition) is 4. The first-order valence-electron chi connectivity index (χ1n) is 9.70. The molecule has 31 heavy (non-hydrogen) atoms. The number of fused-ring (bicyclic) bond motifs is 1. The van der Waals surface area contributed by atoms with Crippen LogP contribution in [-0.2, 0) is 16.1 Å². The second-order valence-electron chi connectivity index (χ2n) is 7.28. The molecule has 0 unspecified atom stereocenters. The molecule has 0 saturated carbocycles. The first kappa shape index (κ1) is 21.8. The maximum absolute atomic E-state index is 12.4. The van der Waals surface area contributed by atoms with Crippen LogP contribution in [0, 0.1) is 5.92 Å². The minimum Gasteiger partial charge on any atom is -0.504 e. The number of carbonyl (C=O) groups excluding carboxylic acids is 2. The summed E-state index contributed by atoms with van der Waals surface area (Å²) in [6, 6.07) is 10.5. The summed E-state index contributed by atoms with van der Waals surface area (Å²) in [7, 11) is 1.33. The van der Waals surface area contributed by atoms with Crippen LogP contribution in [0.25, 0.3) is 10.9 Å². The topological polar surface area (TPSA) is 134 Å². The zero-order chi connectivity index (χ0) is 22.5. The summed E-state index contributed by atoms with van der Waals surface area (Å²) < 4.78 is 4.89. The molecule has 0 saturated heterocycles. The lowest BCUT2D eigenvalue weighted by Gasteiger charge is -2.21. The highest BCUT2D eigenvalue weighted by Gasteiger charge is 2.24. The van der Waals surface area contributed by atoms with E-state index in [1.165, 1.54) is 25.3 Å². The van der Waals surface area contributed by atoms with Gasteiger partial charge in [-0.1, -0.05) is 26.0 Å². The minimum absolute atomic E-state index is 0.0184. The zero-order valence-corrected chi connectivity index (χ0v) is 17.4. The number of esters is 1. The third-order valence-electron chi connectivity index (χ3n) is 4.71. The Morgan fingerprint density at radius 2 is 1.81 bits per heavy atom. The van der Waals surface area contributed by atoms with E-state index in [-0.39, 0.29) is 29.5 Å². The molecule has 162 valence electrons. The second-order valence-corrected chi connectivity index (χ2v) is 7.28. The molecule has 0 spiro atoms. The van der Waals surface area contributed by atoms with Crippen molar-refractivity contribution in [3.8, 4) is 11.5 Å². The number of hydrogen-bond acceptors (Lipinski definition) is 8. The number of phenolic OH excluding ortho intramolecular Hbond substituents is 2. The first-order chi connectivity index (χ1) is 14.8. The van der Waals surface area contributed by atoms with Crippen molar-refractivity contribution in [2.45, 2.75) is 26.4 Å². The van der Waals surface area contributed by atoms with Gasteiger partial charge in [0.15, 0.2) is 17.3 Å². The van der Waals surface area contributed by atoms with Gasteiger partial charge in [0.05, 0.1) is 19.2 Å². The van der Waals surface area contributed by atoms with Gasteiger partial charge in [0, 0.05) is 10.9 Å². The Bertz CT molecular complexity index is 1120. The molecule has 9 heteroatoms. The second kappa shape index (κ2) is 9.29. The molecule has 1 atom stereocenters. The lowest BCUT2D eigenvalue weighted by atomic mass is 10.0. The number of ether oxygens (including phenoxy) is 1. The average Bonchev–Trinajstić information content (AvgIpc) is 2.76. The third kappa shape index (κ3) is 5.00. The fraction of sp³-hybridized carbons (Fsp3) is 0.273. The number of nitrogens with one attached hydrogen (secondary N) is 2. The van der Waals surface area contributed by atoms with Crippen LogP contribution in [0.4, 0.5) is 5.82 Å². The zero-order valence-electron chi connectivity index (χ0n) is 17.4. The largest absolute Gasteiger partial charge is 0.504 e. The summed E-state index contributed by atoms with van der Waals surface area (Å²) >= 11 is 0. The molecular weight excluding hydrogens is 400 g/mol. The van der Waals surface area contributed by atoms with Crippen LogP contribution in [0.2, 0.25) is 0 Å². The molecule has 0 aliphatic rings. The van der Waals surface area contributed by atoms with Gasteiger partial charge in [0.1, 0.15) is 11.9 Å². The molecule has 2 aromatic carbocycles. The Morgan fingerprint density at radius 3 is 2.48 bits per heavy atom. The molecule has 1 amide bonds. The maximum Gasteiger partial charge on any atom is 0.328 e. The minimum atomic E-state index is -0.606. The Kier molecular flexibility index (Phi) is 6.54. The Hall–Kier alpha value is -3.88. The van der Waals surface area contributed by atoms with E-state index in [4.69, 9.17) is 4.74 Å². The number of benzene rings is 2. The Labute approximate surface area is 179 Å². The summed E-state index contributed by atoms with van der Waals surface area (Å²) in [5, 5.41) is 25.5. The summed E-state index contributed by atoms with van der Waals surface area (Å²) in [5.41, 5.74) is 0.832. The van der Waals surface area contributed by atoms with Crippen molar-refractivity contribution in [3.05, 3.63) is 53.9 Å². The van der Waals surface area contributed by atoms with Crippen LogP contribution >= 0.6 is 0 Å². The standard InChI is InChI=1S/C22H24N4O5/c1-12(2)19(22(30)31-3)26-20-14-6-4-5-7-15(14)24-18(25-20)11-23-21(29)13-8-9-16(27)17(28)10-13/h4-10,12,19,27-28H,11H2,1-3H3,(H,23,29)(H,24,25,26)/t19-/m0/s1. The predicted octanol–water partition coefficient (Wildman–Crippen LogP) is 2.58. The Morgan fingerprint density at radius 1 is 1.06 bits per heavy atom. The molecule has 1 heterocycles. The SMILES string of the molecule is COC(=O)[C@@H](Nc1nc(CNC(=O)c2ccc(O)c(O)c2)nc2ccccc12)C(C)C. The van der Waals surface area contributed by atoms with Crippen molar-refractivity contribution in [2.75, 3.05) is 12.4 Å². The van der Waals surface area contributed by atoms with E-state index in [9.17, 15) is 19.8 Å². The van der Waals surface area contributed by atoms with Crippen LogP contribution in [0.15, 0.2) is 42.5 Å². The van der Waals surface area contributed by atoms with E-state index in [0.29, 0.717) is 17.2 Å². The molecule has 9 nitrogen and oxygen atoms in total. The van der Waals surface area contributed by atoms with Crippen molar-refractivity contribution in [1.82, 2.24) is 15.3 Å². The quantitative estimate of drug-likeness (QED) is 0.336. The fourth-order valence-corrected chi connectivity index (χ4v) is 3.01. The van der Waals surface area contributed by atoms with Gasteiger partial charge in [0.2, 0.25) is 0 Å². The molecule has 1 aromatic heterocycles. The highest BCUT2D eigenvalue weighted by Crippen LogP contribution is 2.25. The Balaban J connectivity index is 1.86. The van der Waals surface area contributed by atoms with E-state index in [1.54, 1.807) is 0 Å². The van der Waals surface area contributed by atoms with E-state index >= 15 is 0 Å². The summed E-state index contributed by atoms with van der Waals surface area (Å²) in [6.07, 6.45) is 0. The first-order valence-corrected chi connectivity index (χ1v) is 9.70. The van der Waals surface area contributed by atoms with Gasteiger partial charge in [-0.15, -0.1) is 0 Å². The molecule has 0 bridgehead atoms. The molecular formula is C22H24N4O5. The highest BCUT2D eigenvalue weighted by atomic mass is 16.5. The number of methoxy groups -OCH3 is 1. The summed E-state index contributed by atoms with van der Waals surface area (Å²) in [4.78, 5) is 33.5. The monoisotopic (exact) mass is 424 g/mol. The van der Waals surface area contributed by atoms with E-state index < -0.39 is 17.9 Å². The molecule has 0 fully saturated rings. The van der Waals surface area contributed by atoms with Crippen LogP contribution in [0.1, 0.15) is 30.0 Å². The number of phenols is 2. The number of rotatable bonds is 7. The van der Waals surface area contributed by atoms with Crippen LogP contribution in [0.5, 0.6) is 11.5 Å². The number of amides is 1. The number of nitrogens with zero attached hydrogens (tertiary/aromatic N) is 2. The molecule has 4 N–H and O–H groups in total. The van der Waals surface area contributed by atoms with Crippen molar-refractivity contribution >= 4 is 28.6 Å². The van der Waals surface area contributed by atoms with E-state index in [0.717, 1.165) is 5.39 Å². The lowest BCUT2D eigenvalue weighted by molar-refractivity contribution is -0.142. The smallest absolute Gasteiger partial charge is 0.328 e. The number of para-hydroxylation sites is 1. The number of anilines is 1. The number of carbonyl (C=O) groups is 2. The van der Waals surface area contributed by atoms with Gasteiger partial charge in [-0.2, -0.15) is 0 Å². The molecule has 3 rings (SSSR count). The highest BCUT2D eigenvalue weighted by molar-refractivity contribution is 5.95. The van der Waals surface area contributed by atoms with Crippen LogP contribution in [0.3, 0.4) is 0 Å². The van der Waals surface area contributed by atoms with E-state index in [2.05, 4.69) is 20.6 Å². The van der Waals surface area contributed by atoms with Gasteiger partial charge in [-0.3, -0.25) is 4.79 Å². The summed E-state index contributed by atoms with van der Waals surface area (Å²) in [6.45, 7) is 3.81. The molecule has 0 aliphatic heterocycles. The van der Waals surface area contributed by atoms with Gasteiger partial charge in [0.25, 0.3) is 5.91 Å². The van der Waals surface area contributed by atoms with Gasteiger partial charge in [-0.05, 0) is 36.2 Å². The van der Waals surface area contributed by atoms with Crippen LogP contribution < -0.4 is 10.6 Å². The van der Waals surface area contributed by atoms with Gasteiger partial charge in [-0.25, -0.2) is 14.8 Å². The average molecular weight is 424 g/mol. The van der Waals surface area contributed by atoms with Gasteiger partial charge >= 0.3 is 5.97 Å². The number of aromatic hydroxyl groups is 2. The molecule has 0 radical (unpaired) electrons. The fourth-order valence-electron chi connectivity index (χ4n) is 3.01. The van der Waals surface area contributed by atoms with Crippen molar-refractivity contribution in [2.24, 2.45) is 5.92 Å². The predicted molar refractivity (Wildman–Crippen MR) is 115 cm³/mol. The van der Waals surface area contributed by atoms with Crippen LogP contribution in [-0.4, -0.2) is 45.2 Å². The maximum atomic E-state index is 12.4. The molecule has 0 aliphatic carbocycles. The van der Waals surface area contributed by atoms with Gasteiger partial charge < -0.3 is 25.6 Å².